The summed E-state index contributed by atoms with van der Waals surface area (Å²) in [6, 6.07) is 12.1. The van der Waals surface area contributed by atoms with E-state index in [1.165, 1.54) is 22.0 Å². The minimum Gasteiger partial charge on any atom is -0.491 e. The third-order valence-electron chi connectivity index (χ3n) is 5.04. The zero-order chi connectivity index (χ0) is 20.9. The molecule has 2 aromatic carbocycles. The van der Waals surface area contributed by atoms with Crippen LogP contribution in [-0.4, -0.2) is 44.9 Å². The van der Waals surface area contributed by atoms with Gasteiger partial charge in [0.25, 0.3) is 5.91 Å². The molecule has 1 fully saturated rings. The first-order valence-corrected chi connectivity index (χ1v) is 11.4. The van der Waals surface area contributed by atoms with Gasteiger partial charge in [0.15, 0.2) is 0 Å². The number of nitrogens with zero attached hydrogens (tertiary/aromatic N) is 1. The largest absolute Gasteiger partial charge is 0.491 e. The molecule has 1 amide bonds. The summed E-state index contributed by atoms with van der Waals surface area (Å²) in [5.41, 5.74) is 2.66. The Morgan fingerprint density at radius 3 is 2.38 bits per heavy atom. The molecule has 1 aliphatic heterocycles. The van der Waals surface area contributed by atoms with Crippen LogP contribution < -0.4 is 10.1 Å². The first-order valence-electron chi connectivity index (χ1n) is 9.96. The van der Waals surface area contributed by atoms with Gasteiger partial charge in [0.1, 0.15) is 12.4 Å². The van der Waals surface area contributed by atoms with Gasteiger partial charge in [-0.05, 0) is 62.6 Å². The van der Waals surface area contributed by atoms with E-state index in [1.807, 2.05) is 32.0 Å². The molecule has 1 aliphatic rings. The lowest BCUT2D eigenvalue weighted by Crippen LogP contribution is -2.35. The molecule has 0 aliphatic carbocycles. The maximum absolute atomic E-state index is 12.7. The molecule has 0 bridgehead atoms. The predicted octanol–water partition coefficient (Wildman–Crippen LogP) is 3.29. The Labute approximate surface area is 172 Å². The van der Waals surface area contributed by atoms with Crippen LogP contribution in [0.15, 0.2) is 47.4 Å². The monoisotopic (exact) mass is 416 g/mol. The van der Waals surface area contributed by atoms with Gasteiger partial charge in [0.2, 0.25) is 10.0 Å². The minimum absolute atomic E-state index is 0.231. The molecule has 0 radical (unpaired) electrons. The summed E-state index contributed by atoms with van der Waals surface area (Å²) >= 11 is 0. The fraction of sp³-hybridized carbons (Fsp3) is 0.409. The maximum atomic E-state index is 12.7. The maximum Gasteiger partial charge on any atom is 0.251 e. The number of nitrogens with one attached hydrogen (secondary N) is 1. The highest BCUT2D eigenvalue weighted by Gasteiger charge is 2.25. The number of amides is 1. The number of ether oxygens (including phenoxy) is 1. The summed E-state index contributed by atoms with van der Waals surface area (Å²) in [4.78, 5) is 12.5. The summed E-state index contributed by atoms with van der Waals surface area (Å²) in [6.45, 7) is 5.85. The molecule has 7 heteroatoms. The van der Waals surface area contributed by atoms with E-state index in [9.17, 15) is 13.2 Å². The van der Waals surface area contributed by atoms with Gasteiger partial charge >= 0.3 is 0 Å². The van der Waals surface area contributed by atoms with Crippen LogP contribution in [0, 0.1) is 13.8 Å². The summed E-state index contributed by atoms with van der Waals surface area (Å²) < 4.78 is 32.6. The number of carbonyl (C=O) groups is 1. The summed E-state index contributed by atoms with van der Waals surface area (Å²) in [5, 5.41) is 2.80. The molecule has 1 heterocycles. The zero-order valence-electron chi connectivity index (χ0n) is 17.0. The molecule has 2 aromatic rings. The van der Waals surface area contributed by atoms with Gasteiger partial charge in [-0.15, -0.1) is 0 Å². The number of carbonyl (C=O) groups excluding carboxylic acids is 1. The van der Waals surface area contributed by atoms with Crippen LogP contribution in [0.1, 0.15) is 40.7 Å². The molecule has 0 atom stereocenters. The van der Waals surface area contributed by atoms with Gasteiger partial charge in [-0.1, -0.05) is 24.1 Å². The molecule has 1 saturated heterocycles. The van der Waals surface area contributed by atoms with Crippen molar-refractivity contribution in [3.63, 3.8) is 0 Å². The molecule has 29 heavy (non-hydrogen) atoms. The van der Waals surface area contributed by atoms with E-state index >= 15 is 0 Å². The smallest absolute Gasteiger partial charge is 0.251 e. The quantitative estimate of drug-likeness (QED) is 0.703. The molecule has 1 N–H and O–H groups in total. The average Bonchev–Trinajstić information content (AvgIpc) is 2.73. The van der Waals surface area contributed by atoms with E-state index in [4.69, 9.17) is 4.74 Å². The minimum atomic E-state index is -3.48. The Balaban J connectivity index is 1.52. The molecule has 0 saturated carbocycles. The third-order valence-corrected chi connectivity index (χ3v) is 6.96. The number of hydrogen-bond acceptors (Lipinski definition) is 4. The Hall–Kier alpha value is -2.38. The van der Waals surface area contributed by atoms with Gasteiger partial charge in [-0.2, -0.15) is 4.31 Å². The van der Waals surface area contributed by atoms with Crippen LogP contribution in [0.25, 0.3) is 0 Å². The highest BCUT2D eigenvalue weighted by molar-refractivity contribution is 7.89. The third kappa shape index (κ3) is 5.36. The lowest BCUT2D eigenvalue weighted by atomic mass is 10.1. The Kier molecular flexibility index (Phi) is 6.92. The Morgan fingerprint density at radius 1 is 1.03 bits per heavy atom. The lowest BCUT2D eigenvalue weighted by molar-refractivity contribution is 0.0947. The van der Waals surface area contributed by atoms with E-state index in [1.54, 1.807) is 12.1 Å². The van der Waals surface area contributed by atoms with Crippen LogP contribution in [-0.2, 0) is 10.0 Å². The normalized spacial score (nSPS) is 15.1. The van der Waals surface area contributed by atoms with E-state index in [-0.39, 0.29) is 10.8 Å². The van der Waals surface area contributed by atoms with E-state index in [2.05, 4.69) is 5.32 Å². The summed E-state index contributed by atoms with van der Waals surface area (Å²) in [5.74, 6) is 0.549. The number of piperidine rings is 1. The van der Waals surface area contributed by atoms with Gasteiger partial charge in [0.05, 0.1) is 11.4 Å². The van der Waals surface area contributed by atoms with E-state index < -0.39 is 10.0 Å². The molecule has 3 rings (SSSR count). The van der Waals surface area contributed by atoms with Gasteiger partial charge in [-0.3, -0.25) is 4.79 Å². The van der Waals surface area contributed by atoms with Gasteiger partial charge in [-0.25, -0.2) is 8.42 Å². The van der Waals surface area contributed by atoms with Crippen LogP contribution in [0.2, 0.25) is 0 Å². The summed E-state index contributed by atoms with van der Waals surface area (Å²) in [7, 11) is -3.48. The van der Waals surface area contributed by atoms with Crippen molar-refractivity contribution in [2.75, 3.05) is 26.2 Å². The topological polar surface area (TPSA) is 75.7 Å². The summed E-state index contributed by atoms with van der Waals surface area (Å²) in [6.07, 6.45) is 2.85. The fourth-order valence-electron chi connectivity index (χ4n) is 3.42. The SMILES string of the molecule is Cc1ccc(OCCNC(=O)c2ccc(S(=O)(=O)N3CCCCC3)cc2)c(C)c1. The molecule has 0 aromatic heterocycles. The molecule has 156 valence electrons. The molecule has 0 unspecified atom stereocenters. The number of aryl methyl sites for hydroxylation is 2. The van der Waals surface area contributed by atoms with Crippen LogP contribution in [0.3, 0.4) is 0 Å². The first kappa shape index (κ1) is 21.3. The average molecular weight is 417 g/mol. The Bertz CT molecular complexity index is 949. The van der Waals surface area contributed by atoms with Crippen molar-refractivity contribution in [1.29, 1.82) is 0 Å². The first-order chi connectivity index (χ1) is 13.9. The van der Waals surface area contributed by atoms with Crippen molar-refractivity contribution >= 4 is 15.9 Å². The highest BCUT2D eigenvalue weighted by Crippen LogP contribution is 2.21. The van der Waals surface area contributed by atoms with Crippen molar-refractivity contribution < 1.29 is 17.9 Å². The second-order valence-corrected chi connectivity index (χ2v) is 9.30. The van der Waals surface area contributed by atoms with Crippen molar-refractivity contribution in [2.45, 2.75) is 38.0 Å². The van der Waals surface area contributed by atoms with Gasteiger partial charge in [0, 0.05) is 18.7 Å². The van der Waals surface area contributed by atoms with E-state index in [0.717, 1.165) is 30.6 Å². The lowest BCUT2D eigenvalue weighted by Gasteiger charge is -2.25. The predicted molar refractivity (Wildman–Crippen MR) is 113 cm³/mol. The highest BCUT2D eigenvalue weighted by atomic mass is 32.2. The second kappa shape index (κ2) is 9.41. The van der Waals surface area contributed by atoms with Crippen LogP contribution in [0.5, 0.6) is 5.75 Å². The number of sulfonamides is 1. The van der Waals surface area contributed by atoms with Gasteiger partial charge < -0.3 is 10.1 Å². The van der Waals surface area contributed by atoms with Crippen LogP contribution in [0.4, 0.5) is 0 Å². The van der Waals surface area contributed by atoms with Crippen molar-refractivity contribution in [1.82, 2.24) is 9.62 Å². The van der Waals surface area contributed by atoms with Crippen molar-refractivity contribution in [3.8, 4) is 5.75 Å². The molecule has 0 spiro atoms. The van der Waals surface area contributed by atoms with E-state index in [0.29, 0.717) is 31.8 Å². The molecule has 6 nitrogen and oxygen atoms in total. The fourth-order valence-corrected chi connectivity index (χ4v) is 4.94. The molecular weight excluding hydrogens is 388 g/mol. The van der Waals surface area contributed by atoms with Crippen LogP contribution >= 0.6 is 0 Å². The molecular formula is C22H28N2O4S. The standard InChI is InChI=1S/C22H28N2O4S/c1-17-6-11-21(18(2)16-17)28-15-12-23-22(25)19-7-9-20(10-8-19)29(26,27)24-13-4-3-5-14-24/h6-11,16H,3-5,12-15H2,1-2H3,(H,23,25). The zero-order valence-corrected chi connectivity index (χ0v) is 17.8. The second-order valence-electron chi connectivity index (χ2n) is 7.36. The number of rotatable bonds is 7. The number of benzene rings is 2. The van der Waals surface area contributed by atoms with Crippen molar-refractivity contribution in [3.05, 3.63) is 59.2 Å². The van der Waals surface area contributed by atoms with Crippen molar-refractivity contribution in [2.24, 2.45) is 0 Å². The number of hydrogen-bond donors (Lipinski definition) is 1. The Morgan fingerprint density at radius 2 is 1.72 bits per heavy atom.